The third kappa shape index (κ3) is 4.69. The molecule has 0 aromatic carbocycles. The van der Waals surface area contributed by atoms with E-state index in [0.29, 0.717) is 11.5 Å². The number of rotatable bonds is 6. The molecule has 122 valence electrons. The highest BCUT2D eigenvalue weighted by Crippen LogP contribution is 2.41. The molecule has 0 saturated heterocycles. The van der Waals surface area contributed by atoms with Crippen molar-refractivity contribution in [2.75, 3.05) is 19.6 Å². The molecule has 0 aromatic rings. The minimum atomic E-state index is 0.449. The number of nitrogens with two attached hydrogens (primary N) is 1. The van der Waals surface area contributed by atoms with E-state index in [-0.39, 0.29) is 0 Å². The first kappa shape index (κ1) is 15.8. The Labute approximate surface area is 131 Å². The molecule has 2 nitrogen and oxygen atoms in total. The number of hydrogen-bond donors (Lipinski definition) is 1. The standard InChI is InChI=1S/C19H36N2/c1-19(2,3)17-8-9-18(20)16(10-17)13-21(11-14-4-5-14)12-15-6-7-15/h14-18H,4-13,20H2,1-3H3. The SMILES string of the molecule is CC(C)(C)C1CCC(N)C(CN(CC2CC2)CC2CC2)C1. The van der Waals surface area contributed by atoms with Gasteiger partial charge in [-0.05, 0) is 74.0 Å². The molecule has 0 amide bonds. The summed E-state index contributed by atoms with van der Waals surface area (Å²) in [6, 6.07) is 0.449. The Bertz CT molecular complexity index is 324. The highest BCUT2D eigenvalue weighted by molar-refractivity contribution is 4.90. The molecule has 0 spiro atoms. The molecule has 0 heterocycles. The molecule has 3 rings (SSSR count). The highest BCUT2D eigenvalue weighted by Gasteiger charge is 2.37. The smallest absolute Gasteiger partial charge is 0.00795 e. The first-order valence-corrected chi connectivity index (χ1v) is 9.39. The topological polar surface area (TPSA) is 29.3 Å². The van der Waals surface area contributed by atoms with Gasteiger partial charge in [0.05, 0.1) is 0 Å². The second-order valence-electron chi connectivity index (χ2n) is 9.41. The van der Waals surface area contributed by atoms with E-state index >= 15 is 0 Å². The zero-order valence-corrected chi connectivity index (χ0v) is 14.5. The Hall–Kier alpha value is -0.0800. The van der Waals surface area contributed by atoms with E-state index in [2.05, 4.69) is 25.7 Å². The van der Waals surface area contributed by atoms with Crippen LogP contribution >= 0.6 is 0 Å². The molecule has 0 bridgehead atoms. The molecule has 3 unspecified atom stereocenters. The van der Waals surface area contributed by atoms with Crippen molar-refractivity contribution < 1.29 is 0 Å². The van der Waals surface area contributed by atoms with Crippen molar-refractivity contribution >= 4 is 0 Å². The van der Waals surface area contributed by atoms with Crippen LogP contribution in [0.2, 0.25) is 0 Å². The van der Waals surface area contributed by atoms with Crippen molar-refractivity contribution in [2.45, 2.75) is 71.8 Å². The van der Waals surface area contributed by atoms with Gasteiger partial charge in [0, 0.05) is 25.7 Å². The molecular formula is C19H36N2. The maximum atomic E-state index is 6.50. The Morgan fingerprint density at radius 1 is 0.857 bits per heavy atom. The second kappa shape index (κ2) is 6.20. The van der Waals surface area contributed by atoms with Crippen LogP contribution in [0.25, 0.3) is 0 Å². The average molecular weight is 293 g/mol. The third-order valence-corrected chi connectivity index (χ3v) is 6.19. The van der Waals surface area contributed by atoms with Gasteiger partial charge in [-0.25, -0.2) is 0 Å². The Morgan fingerprint density at radius 2 is 1.43 bits per heavy atom. The maximum Gasteiger partial charge on any atom is 0.00795 e. The van der Waals surface area contributed by atoms with Gasteiger partial charge in [0.25, 0.3) is 0 Å². The van der Waals surface area contributed by atoms with Crippen LogP contribution in [0.15, 0.2) is 0 Å². The fraction of sp³-hybridized carbons (Fsp3) is 1.00. The highest BCUT2D eigenvalue weighted by atomic mass is 15.1. The largest absolute Gasteiger partial charge is 0.327 e. The van der Waals surface area contributed by atoms with E-state index in [4.69, 9.17) is 5.73 Å². The summed E-state index contributed by atoms with van der Waals surface area (Å²) in [4.78, 5) is 2.80. The summed E-state index contributed by atoms with van der Waals surface area (Å²) in [5, 5.41) is 0. The van der Waals surface area contributed by atoms with Crippen molar-refractivity contribution in [3.8, 4) is 0 Å². The average Bonchev–Trinajstić information content (AvgIpc) is 3.26. The van der Waals surface area contributed by atoms with Crippen molar-refractivity contribution in [2.24, 2.45) is 34.8 Å². The minimum absolute atomic E-state index is 0.449. The predicted octanol–water partition coefficient (Wildman–Crippen LogP) is 3.90. The van der Waals surface area contributed by atoms with Crippen LogP contribution in [0.4, 0.5) is 0 Å². The zero-order chi connectivity index (χ0) is 15.0. The summed E-state index contributed by atoms with van der Waals surface area (Å²) in [6.07, 6.45) is 9.84. The van der Waals surface area contributed by atoms with E-state index in [1.807, 2.05) is 0 Å². The monoisotopic (exact) mass is 292 g/mol. The molecule has 3 aliphatic carbocycles. The zero-order valence-electron chi connectivity index (χ0n) is 14.5. The fourth-order valence-electron chi connectivity index (χ4n) is 4.17. The molecular weight excluding hydrogens is 256 g/mol. The van der Waals surface area contributed by atoms with Gasteiger partial charge in [-0.3, -0.25) is 0 Å². The van der Waals surface area contributed by atoms with Crippen LogP contribution in [0.5, 0.6) is 0 Å². The van der Waals surface area contributed by atoms with Gasteiger partial charge in [-0.2, -0.15) is 0 Å². The van der Waals surface area contributed by atoms with Crippen LogP contribution in [-0.4, -0.2) is 30.6 Å². The number of hydrogen-bond acceptors (Lipinski definition) is 2. The van der Waals surface area contributed by atoms with Crippen LogP contribution in [0.3, 0.4) is 0 Å². The molecule has 3 fully saturated rings. The van der Waals surface area contributed by atoms with Crippen molar-refractivity contribution in [1.29, 1.82) is 0 Å². The molecule has 3 saturated carbocycles. The van der Waals surface area contributed by atoms with Gasteiger partial charge in [0.2, 0.25) is 0 Å². The quantitative estimate of drug-likeness (QED) is 0.804. The Kier molecular flexibility index (Phi) is 4.66. The van der Waals surface area contributed by atoms with Gasteiger partial charge in [0.15, 0.2) is 0 Å². The van der Waals surface area contributed by atoms with E-state index in [0.717, 1.165) is 23.7 Å². The van der Waals surface area contributed by atoms with E-state index < -0.39 is 0 Å². The summed E-state index contributed by atoms with van der Waals surface area (Å²) in [5.74, 6) is 3.63. The second-order valence-corrected chi connectivity index (χ2v) is 9.41. The van der Waals surface area contributed by atoms with Crippen molar-refractivity contribution in [1.82, 2.24) is 4.90 Å². The van der Waals surface area contributed by atoms with E-state index in [1.54, 1.807) is 0 Å². The lowest BCUT2D eigenvalue weighted by molar-refractivity contribution is 0.0957. The van der Waals surface area contributed by atoms with Crippen LogP contribution in [-0.2, 0) is 0 Å². The summed E-state index contributed by atoms with van der Waals surface area (Å²) in [7, 11) is 0. The summed E-state index contributed by atoms with van der Waals surface area (Å²) < 4.78 is 0. The minimum Gasteiger partial charge on any atom is -0.327 e. The predicted molar refractivity (Wildman–Crippen MR) is 90.1 cm³/mol. The molecule has 21 heavy (non-hydrogen) atoms. The lowest BCUT2D eigenvalue weighted by Crippen LogP contribution is -2.46. The van der Waals surface area contributed by atoms with Gasteiger partial charge < -0.3 is 10.6 Å². The Morgan fingerprint density at radius 3 is 1.90 bits per heavy atom. The maximum absolute atomic E-state index is 6.50. The van der Waals surface area contributed by atoms with E-state index in [1.165, 1.54) is 64.6 Å². The summed E-state index contributed by atoms with van der Waals surface area (Å²) >= 11 is 0. The molecule has 2 N–H and O–H groups in total. The van der Waals surface area contributed by atoms with Gasteiger partial charge in [-0.15, -0.1) is 0 Å². The molecule has 3 aliphatic rings. The molecule has 0 aliphatic heterocycles. The fourth-order valence-corrected chi connectivity index (χ4v) is 4.17. The van der Waals surface area contributed by atoms with E-state index in [9.17, 15) is 0 Å². The lowest BCUT2D eigenvalue weighted by atomic mass is 9.67. The third-order valence-electron chi connectivity index (χ3n) is 6.19. The summed E-state index contributed by atoms with van der Waals surface area (Å²) in [6.45, 7) is 11.2. The Balaban J connectivity index is 1.56. The first-order valence-electron chi connectivity index (χ1n) is 9.39. The molecule has 2 heteroatoms. The molecule has 0 aromatic heterocycles. The first-order chi connectivity index (χ1) is 9.91. The van der Waals surface area contributed by atoms with Gasteiger partial charge in [-0.1, -0.05) is 20.8 Å². The van der Waals surface area contributed by atoms with Crippen LogP contribution < -0.4 is 5.73 Å². The molecule has 0 radical (unpaired) electrons. The van der Waals surface area contributed by atoms with Gasteiger partial charge >= 0.3 is 0 Å². The van der Waals surface area contributed by atoms with Crippen molar-refractivity contribution in [3.63, 3.8) is 0 Å². The van der Waals surface area contributed by atoms with Crippen LogP contribution in [0.1, 0.15) is 65.7 Å². The summed E-state index contributed by atoms with van der Waals surface area (Å²) in [5.41, 5.74) is 6.95. The van der Waals surface area contributed by atoms with Crippen LogP contribution in [0, 0.1) is 29.1 Å². The lowest BCUT2D eigenvalue weighted by Gasteiger charge is -2.42. The van der Waals surface area contributed by atoms with Gasteiger partial charge in [0.1, 0.15) is 0 Å². The normalized spacial score (nSPS) is 34.4. The molecule has 3 atom stereocenters. The number of nitrogens with zero attached hydrogens (tertiary/aromatic N) is 1. The van der Waals surface area contributed by atoms with Crippen molar-refractivity contribution in [3.05, 3.63) is 0 Å².